The van der Waals surface area contributed by atoms with Crippen LogP contribution in [0.25, 0.3) is 0 Å². The molecular weight excluding hydrogens is 569 g/mol. The van der Waals surface area contributed by atoms with Crippen molar-refractivity contribution in [2.24, 2.45) is 0 Å². The van der Waals surface area contributed by atoms with E-state index >= 15 is 0 Å². The minimum atomic E-state index is -4.07. The standard InChI is InChI=1S/C29H33ClFN5O4S/c1-21(2)32-29(38)35-17-15-34(16-18-35)26-11-9-25(10-12-26)33-28(37)20-36(19-22-3-7-24(31)8-4-22)41(39,40)27-13-5-23(30)6-14-27/h3-14,21H,15-20H2,1-2H3,(H,32,38)(H,33,37). The smallest absolute Gasteiger partial charge is 0.317 e. The Hall–Kier alpha value is -3.67. The molecule has 4 rings (SSSR count). The molecule has 1 aliphatic rings. The summed E-state index contributed by atoms with van der Waals surface area (Å²) >= 11 is 5.93. The van der Waals surface area contributed by atoms with Crippen molar-refractivity contribution in [1.29, 1.82) is 0 Å². The Morgan fingerprint density at radius 1 is 0.927 bits per heavy atom. The number of rotatable bonds is 9. The number of amides is 3. The molecule has 9 nitrogen and oxygen atoms in total. The van der Waals surface area contributed by atoms with Crippen LogP contribution < -0.4 is 15.5 Å². The molecule has 0 bridgehead atoms. The van der Waals surface area contributed by atoms with Crippen molar-refractivity contribution in [3.05, 3.63) is 89.2 Å². The number of hydrogen-bond acceptors (Lipinski definition) is 5. The fourth-order valence-electron chi connectivity index (χ4n) is 4.40. The second kappa shape index (κ2) is 13.3. The summed E-state index contributed by atoms with van der Waals surface area (Å²) < 4.78 is 41.3. The maximum Gasteiger partial charge on any atom is 0.317 e. The molecule has 41 heavy (non-hydrogen) atoms. The summed E-state index contributed by atoms with van der Waals surface area (Å²) in [6, 6.07) is 18.4. The minimum absolute atomic E-state index is 0.0112. The molecule has 218 valence electrons. The van der Waals surface area contributed by atoms with Crippen LogP contribution in [0.15, 0.2) is 77.7 Å². The molecule has 0 radical (unpaired) electrons. The second-order valence-electron chi connectivity index (χ2n) is 10.0. The van der Waals surface area contributed by atoms with Crippen LogP contribution in [0.2, 0.25) is 5.02 Å². The van der Waals surface area contributed by atoms with E-state index in [0.717, 1.165) is 9.99 Å². The molecule has 1 saturated heterocycles. The Balaban J connectivity index is 1.41. The summed E-state index contributed by atoms with van der Waals surface area (Å²) in [5.74, 6) is -0.970. The van der Waals surface area contributed by atoms with Crippen LogP contribution in [0.5, 0.6) is 0 Å². The third-order valence-corrected chi connectivity index (χ3v) is 8.60. The molecule has 0 unspecified atom stereocenters. The van der Waals surface area contributed by atoms with Gasteiger partial charge in [0.1, 0.15) is 5.82 Å². The van der Waals surface area contributed by atoms with Gasteiger partial charge in [0.15, 0.2) is 0 Å². The number of anilines is 2. The number of piperazine rings is 1. The molecule has 3 aromatic carbocycles. The Morgan fingerprint density at radius 3 is 2.12 bits per heavy atom. The number of benzene rings is 3. The molecule has 1 aliphatic heterocycles. The third-order valence-electron chi connectivity index (χ3n) is 6.54. The SMILES string of the molecule is CC(C)NC(=O)N1CCN(c2ccc(NC(=O)CN(Cc3ccc(F)cc3)S(=O)(=O)c3ccc(Cl)cc3)cc2)CC1. The highest BCUT2D eigenvalue weighted by molar-refractivity contribution is 7.89. The number of carbonyl (C=O) groups excluding carboxylic acids is 2. The van der Waals surface area contributed by atoms with Gasteiger partial charge in [0.25, 0.3) is 0 Å². The van der Waals surface area contributed by atoms with E-state index in [1.54, 1.807) is 17.0 Å². The van der Waals surface area contributed by atoms with Gasteiger partial charge in [-0.25, -0.2) is 17.6 Å². The summed E-state index contributed by atoms with van der Waals surface area (Å²) in [6.45, 7) is 5.83. The number of hydrogen-bond donors (Lipinski definition) is 2. The molecule has 0 atom stereocenters. The summed E-state index contributed by atoms with van der Waals surface area (Å²) in [5, 5.41) is 6.06. The molecule has 0 aromatic heterocycles. The topological polar surface area (TPSA) is 102 Å². The number of halogens is 2. The highest BCUT2D eigenvalue weighted by atomic mass is 35.5. The summed E-state index contributed by atoms with van der Waals surface area (Å²) in [5.41, 5.74) is 2.00. The average molecular weight is 602 g/mol. The summed E-state index contributed by atoms with van der Waals surface area (Å²) in [7, 11) is -4.07. The fourth-order valence-corrected chi connectivity index (χ4v) is 5.91. The van der Waals surface area contributed by atoms with Gasteiger partial charge in [0.05, 0.1) is 11.4 Å². The Bertz CT molecular complexity index is 1440. The highest BCUT2D eigenvalue weighted by Crippen LogP contribution is 2.22. The van der Waals surface area contributed by atoms with Crippen LogP contribution in [-0.4, -0.2) is 68.3 Å². The summed E-state index contributed by atoms with van der Waals surface area (Å²) in [6.07, 6.45) is 0. The monoisotopic (exact) mass is 601 g/mol. The van der Waals surface area contributed by atoms with Crippen LogP contribution >= 0.6 is 11.6 Å². The zero-order valence-corrected chi connectivity index (χ0v) is 24.5. The molecule has 1 heterocycles. The van der Waals surface area contributed by atoms with E-state index in [4.69, 9.17) is 11.6 Å². The van der Waals surface area contributed by atoms with Crippen molar-refractivity contribution in [3.8, 4) is 0 Å². The first kappa shape index (κ1) is 30.3. The zero-order valence-electron chi connectivity index (χ0n) is 22.9. The maximum absolute atomic E-state index is 13.4. The maximum atomic E-state index is 13.4. The number of nitrogens with zero attached hydrogens (tertiary/aromatic N) is 3. The lowest BCUT2D eigenvalue weighted by molar-refractivity contribution is -0.116. The van der Waals surface area contributed by atoms with E-state index in [0.29, 0.717) is 42.5 Å². The minimum Gasteiger partial charge on any atom is -0.368 e. The average Bonchev–Trinajstić information content (AvgIpc) is 2.94. The van der Waals surface area contributed by atoms with Crippen LogP contribution in [0.3, 0.4) is 0 Å². The Morgan fingerprint density at radius 2 is 1.54 bits per heavy atom. The third kappa shape index (κ3) is 8.18. The van der Waals surface area contributed by atoms with Crippen molar-refractivity contribution in [2.45, 2.75) is 31.3 Å². The molecule has 2 N–H and O–H groups in total. The van der Waals surface area contributed by atoms with Gasteiger partial charge in [-0.15, -0.1) is 0 Å². The van der Waals surface area contributed by atoms with Gasteiger partial charge in [-0.2, -0.15) is 4.31 Å². The van der Waals surface area contributed by atoms with Gasteiger partial charge in [-0.05, 0) is 80.1 Å². The fraction of sp³-hybridized carbons (Fsp3) is 0.310. The van der Waals surface area contributed by atoms with E-state index in [2.05, 4.69) is 15.5 Å². The van der Waals surface area contributed by atoms with Gasteiger partial charge >= 0.3 is 6.03 Å². The number of carbonyl (C=O) groups is 2. The van der Waals surface area contributed by atoms with E-state index in [1.807, 2.05) is 26.0 Å². The molecule has 3 aromatic rings. The number of urea groups is 1. The van der Waals surface area contributed by atoms with Crippen molar-refractivity contribution in [2.75, 3.05) is 42.9 Å². The lowest BCUT2D eigenvalue weighted by Crippen LogP contribution is -2.52. The first-order valence-corrected chi connectivity index (χ1v) is 15.0. The molecule has 3 amide bonds. The molecule has 1 fully saturated rings. The lowest BCUT2D eigenvalue weighted by Gasteiger charge is -2.36. The van der Waals surface area contributed by atoms with Gasteiger partial charge < -0.3 is 20.4 Å². The van der Waals surface area contributed by atoms with Gasteiger partial charge in [0, 0.05) is 55.2 Å². The molecule has 0 aliphatic carbocycles. The van der Waals surface area contributed by atoms with Crippen molar-refractivity contribution >= 4 is 44.9 Å². The molecule has 0 spiro atoms. The van der Waals surface area contributed by atoms with Crippen LogP contribution in [0, 0.1) is 5.82 Å². The van der Waals surface area contributed by atoms with Gasteiger partial charge in [0.2, 0.25) is 15.9 Å². The van der Waals surface area contributed by atoms with Gasteiger partial charge in [-0.1, -0.05) is 23.7 Å². The number of nitrogens with one attached hydrogen (secondary N) is 2. The lowest BCUT2D eigenvalue weighted by atomic mass is 10.2. The number of sulfonamides is 1. The molecule has 12 heteroatoms. The van der Waals surface area contributed by atoms with Crippen molar-refractivity contribution in [3.63, 3.8) is 0 Å². The molecule has 0 saturated carbocycles. The Kier molecular flexibility index (Phi) is 9.85. The first-order valence-electron chi connectivity index (χ1n) is 13.2. The Labute approximate surface area is 244 Å². The van der Waals surface area contributed by atoms with E-state index in [1.165, 1.54) is 48.5 Å². The zero-order chi connectivity index (χ0) is 29.6. The van der Waals surface area contributed by atoms with Gasteiger partial charge in [-0.3, -0.25) is 4.79 Å². The normalized spacial score (nSPS) is 13.9. The van der Waals surface area contributed by atoms with Crippen molar-refractivity contribution < 1.29 is 22.4 Å². The summed E-state index contributed by atoms with van der Waals surface area (Å²) in [4.78, 5) is 29.2. The van der Waals surface area contributed by atoms with E-state index in [9.17, 15) is 22.4 Å². The van der Waals surface area contributed by atoms with E-state index in [-0.39, 0.29) is 23.5 Å². The predicted octanol–water partition coefficient (Wildman–Crippen LogP) is 4.55. The predicted molar refractivity (Wildman–Crippen MR) is 158 cm³/mol. The van der Waals surface area contributed by atoms with E-state index < -0.39 is 28.3 Å². The van der Waals surface area contributed by atoms with Crippen LogP contribution in [0.4, 0.5) is 20.6 Å². The van der Waals surface area contributed by atoms with Crippen LogP contribution in [0.1, 0.15) is 19.4 Å². The highest BCUT2D eigenvalue weighted by Gasteiger charge is 2.27. The quantitative estimate of drug-likeness (QED) is 0.375. The molecular formula is C29H33ClFN5O4S. The van der Waals surface area contributed by atoms with Crippen molar-refractivity contribution in [1.82, 2.24) is 14.5 Å². The first-order chi connectivity index (χ1) is 19.5. The van der Waals surface area contributed by atoms with Crippen LogP contribution in [-0.2, 0) is 21.4 Å². The largest absolute Gasteiger partial charge is 0.368 e. The second-order valence-corrected chi connectivity index (χ2v) is 12.4.